The summed E-state index contributed by atoms with van der Waals surface area (Å²) in [5.41, 5.74) is 2.04. The van der Waals surface area contributed by atoms with Crippen LogP contribution in [-0.2, 0) is 6.42 Å². The molecule has 1 atom stereocenters. The summed E-state index contributed by atoms with van der Waals surface area (Å²) < 4.78 is 0.970. The molecule has 0 radical (unpaired) electrons. The van der Waals surface area contributed by atoms with Gasteiger partial charge in [0.15, 0.2) is 0 Å². The van der Waals surface area contributed by atoms with Crippen LogP contribution in [0.1, 0.15) is 59.9 Å². The number of benzene rings is 1. The highest BCUT2D eigenvalue weighted by Crippen LogP contribution is 2.28. The zero-order chi connectivity index (χ0) is 21.1. The first-order chi connectivity index (χ1) is 13.4. The van der Waals surface area contributed by atoms with Crippen molar-refractivity contribution in [3.05, 3.63) is 64.4 Å². The summed E-state index contributed by atoms with van der Waals surface area (Å²) in [7, 11) is 0. The van der Waals surface area contributed by atoms with Gasteiger partial charge in [0.2, 0.25) is 0 Å². The van der Waals surface area contributed by atoms with Crippen molar-refractivity contribution in [2.24, 2.45) is 10.9 Å². The third kappa shape index (κ3) is 7.67. The molecule has 1 aromatic rings. The minimum Gasteiger partial charge on any atom is -0.508 e. The van der Waals surface area contributed by atoms with Gasteiger partial charge in [0.25, 0.3) is 0 Å². The number of hydrogen-bond acceptors (Lipinski definition) is 3. The normalized spacial score (nSPS) is 17.0. The van der Waals surface area contributed by atoms with Crippen LogP contribution in [0.2, 0.25) is 0 Å². The first-order valence-corrected chi connectivity index (χ1v) is 11.1. The number of nitrogens with zero attached hydrogens (tertiary/aromatic N) is 2. The van der Waals surface area contributed by atoms with Crippen LogP contribution >= 0.6 is 15.9 Å². The Balaban J connectivity index is 0.000000422. The topological polar surface area (TPSA) is 35.8 Å². The van der Waals surface area contributed by atoms with Crippen LogP contribution in [0.3, 0.4) is 0 Å². The highest BCUT2D eigenvalue weighted by Gasteiger charge is 2.20. The highest BCUT2D eigenvalue weighted by molar-refractivity contribution is 9.10. The molecule has 0 aromatic heterocycles. The molecule has 0 fully saturated rings. The number of allylic oxidation sites excluding steroid dienone is 3. The molecule has 0 saturated carbocycles. The summed E-state index contributed by atoms with van der Waals surface area (Å²) in [6.07, 6.45) is 13.5. The number of aliphatic imine (C=N–C) groups is 1. The van der Waals surface area contributed by atoms with Crippen LogP contribution in [0.25, 0.3) is 0 Å². The SMILES string of the molecule is CC.CC1C=C(Cc2cc(Br)ccc2O)N2C=CC=CC2=N1.CCCC(C)C. The molecule has 4 heteroatoms. The van der Waals surface area contributed by atoms with E-state index < -0.39 is 0 Å². The van der Waals surface area contributed by atoms with Crippen LogP contribution in [0, 0.1) is 5.92 Å². The number of rotatable bonds is 4. The Morgan fingerprint density at radius 1 is 1.21 bits per heavy atom. The fraction of sp³-hybridized carbons (Fsp3) is 0.458. The predicted molar refractivity (Wildman–Crippen MR) is 126 cm³/mol. The molecule has 0 amide bonds. The number of halogens is 1. The second-order valence-corrected chi connectivity index (χ2v) is 8.00. The summed E-state index contributed by atoms with van der Waals surface area (Å²) in [4.78, 5) is 6.66. The Hall–Kier alpha value is -1.81. The standard InChI is InChI=1S/C16H15BrN2O.C6H14.C2H6/c1-11-8-14(19-7-3-2-4-16(19)18-11)10-12-9-13(17)5-6-15(12)20;1-4-5-6(2)3;1-2/h2-9,11,20H,10H2,1H3;6H,4-5H2,1-3H3;1-2H3. The maximum absolute atomic E-state index is 10.00. The third-order valence-electron chi connectivity index (χ3n) is 4.20. The van der Waals surface area contributed by atoms with Gasteiger partial charge in [0.05, 0.1) is 6.04 Å². The van der Waals surface area contributed by atoms with E-state index in [9.17, 15) is 5.11 Å². The van der Waals surface area contributed by atoms with Crippen LogP contribution < -0.4 is 0 Å². The van der Waals surface area contributed by atoms with Gasteiger partial charge < -0.3 is 10.0 Å². The number of fused-ring (bicyclic) bond motifs is 1. The Bertz CT molecular complexity index is 732. The van der Waals surface area contributed by atoms with Crippen LogP contribution in [0.5, 0.6) is 5.75 Å². The average Bonchev–Trinajstić information content (AvgIpc) is 2.66. The highest BCUT2D eigenvalue weighted by atomic mass is 79.9. The van der Waals surface area contributed by atoms with Crippen LogP contribution in [0.15, 0.2) is 63.9 Å². The van der Waals surface area contributed by atoms with E-state index in [1.54, 1.807) is 6.07 Å². The van der Waals surface area contributed by atoms with E-state index in [2.05, 4.69) is 59.6 Å². The molecule has 0 spiro atoms. The van der Waals surface area contributed by atoms with Crippen LogP contribution in [0.4, 0.5) is 0 Å². The largest absolute Gasteiger partial charge is 0.508 e. The molecular weight excluding hydrogens is 412 g/mol. The molecule has 154 valence electrons. The summed E-state index contributed by atoms with van der Waals surface area (Å²) in [5, 5.41) is 10.00. The number of amidine groups is 1. The van der Waals surface area contributed by atoms with Crippen LogP contribution in [-0.4, -0.2) is 21.9 Å². The maximum Gasteiger partial charge on any atom is 0.132 e. The number of aromatic hydroxyl groups is 1. The van der Waals surface area contributed by atoms with E-state index >= 15 is 0 Å². The monoisotopic (exact) mass is 446 g/mol. The molecule has 2 heterocycles. The number of phenolic OH excluding ortho intramolecular Hbond substituents is 1. The molecule has 1 aromatic carbocycles. The fourth-order valence-corrected chi connectivity index (χ4v) is 3.41. The fourth-order valence-electron chi connectivity index (χ4n) is 3.00. The van der Waals surface area contributed by atoms with Gasteiger partial charge in [0, 0.05) is 28.4 Å². The molecule has 0 saturated heterocycles. The summed E-state index contributed by atoms with van der Waals surface area (Å²) >= 11 is 3.45. The smallest absolute Gasteiger partial charge is 0.132 e. The predicted octanol–water partition coefficient (Wildman–Crippen LogP) is 7.24. The first kappa shape index (κ1) is 24.2. The molecule has 1 N–H and O–H groups in total. The van der Waals surface area contributed by atoms with Crippen molar-refractivity contribution in [2.45, 2.75) is 66.8 Å². The Morgan fingerprint density at radius 3 is 2.54 bits per heavy atom. The Morgan fingerprint density at radius 2 is 1.93 bits per heavy atom. The molecule has 3 rings (SSSR count). The minimum atomic E-state index is 0.154. The van der Waals surface area contributed by atoms with E-state index in [0.717, 1.165) is 27.5 Å². The van der Waals surface area contributed by atoms with Gasteiger partial charge in [-0.05, 0) is 49.3 Å². The van der Waals surface area contributed by atoms with Crippen molar-refractivity contribution in [2.75, 3.05) is 0 Å². The van der Waals surface area contributed by atoms with Gasteiger partial charge in [0.1, 0.15) is 11.6 Å². The van der Waals surface area contributed by atoms with Gasteiger partial charge in [-0.3, -0.25) is 4.99 Å². The van der Waals surface area contributed by atoms with Gasteiger partial charge in [-0.15, -0.1) is 0 Å². The van der Waals surface area contributed by atoms with E-state index in [-0.39, 0.29) is 6.04 Å². The van der Waals surface area contributed by atoms with E-state index in [0.29, 0.717) is 12.2 Å². The van der Waals surface area contributed by atoms with Crippen molar-refractivity contribution in [3.63, 3.8) is 0 Å². The minimum absolute atomic E-state index is 0.154. The molecule has 0 aliphatic carbocycles. The van der Waals surface area contributed by atoms with Gasteiger partial charge in [-0.25, -0.2) is 0 Å². The van der Waals surface area contributed by atoms with Crippen molar-refractivity contribution in [3.8, 4) is 5.75 Å². The zero-order valence-corrected chi connectivity index (χ0v) is 19.7. The summed E-state index contributed by atoms with van der Waals surface area (Å²) in [6, 6.07) is 5.66. The lowest BCUT2D eigenvalue weighted by molar-refractivity contribution is 0.467. The van der Waals surface area contributed by atoms with Crippen molar-refractivity contribution in [1.82, 2.24) is 4.90 Å². The number of phenols is 1. The van der Waals surface area contributed by atoms with Crippen molar-refractivity contribution in [1.29, 1.82) is 0 Å². The lowest BCUT2D eigenvalue weighted by Crippen LogP contribution is -2.31. The molecular formula is C24H35BrN2O. The quantitative estimate of drug-likeness (QED) is 0.528. The maximum atomic E-state index is 10.00. The molecule has 0 bridgehead atoms. The van der Waals surface area contributed by atoms with Crippen molar-refractivity contribution < 1.29 is 5.11 Å². The first-order valence-electron chi connectivity index (χ1n) is 10.3. The number of hydrogen-bond donors (Lipinski definition) is 1. The van der Waals surface area contributed by atoms with E-state index in [4.69, 9.17) is 0 Å². The lowest BCUT2D eigenvalue weighted by atomic mass is 10.0. The molecule has 28 heavy (non-hydrogen) atoms. The second-order valence-electron chi connectivity index (χ2n) is 7.09. The Labute approximate surface area is 179 Å². The van der Waals surface area contributed by atoms with Gasteiger partial charge in [-0.2, -0.15) is 0 Å². The van der Waals surface area contributed by atoms with Gasteiger partial charge >= 0.3 is 0 Å². The van der Waals surface area contributed by atoms with Crippen molar-refractivity contribution >= 4 is 21.8 Å². The molecule has 1 unspecified atom stereocenters. The molecule has 2 aliphatic rings. The summed E-state index contributed by atoms with van der Waals surface area (Å²) in [5.74, 6) is 2.17. The van der Waals surface area contributed by atoms with E-state index in [1.165, 1.54) is 12.8 Å². The summed E-state index contributed by atoms with van der Waals surface area (Å²) in [6.45, 7) is 12.8. The van der Waals surface area contributed by atoms with E-state index in [1.807, 2.05) is 50.4 Å². The third-order valence-corrected chi connectivity index (χ3v) is 4.69. The molecule has 2 aliphatic heterocycles. The molecule has 3 nitrogen and oxygen atoms in total. The lowest BCUT2D eigenvalue weighted by Gasteiger charge is -2.30. The second kappa shape index (κ2) is 12.6. The Kier molecular flexibility index (Phi) is 10.9. The average molecular weight is 447 g/mol. The zero-order valence-electron chi connectivity index (χ0n) is 18.1. The van der Waals surface area contributed by atoms with Gasteiger partial charge in [-0.1, -0.05) is 69.5 Å².